The van der Waals surface area contributed by atoms with Crippen molar-refractivity contribution in [2.45, 2.75) is 39.0 Å². The molecular formula is C24H26ClN6O7S2+. The average Bonchev–Trinajstić information content (AvgIpc) is 3.50. The number of imidazole rings is 1. The van der Waals surface area contributed by atoms with Gasteiger partial charge in [0.05, 0.1) is 28.5 Å². The number of nitrogens with two attached hydrogens (primary N) is 1. The van der Waals surface area contributed by atoms with E-state index in [2.05, 4.69) is 9.71 Å². The Morgan fingerprint density at radius 1 is 1.38 bits per heavy atom. The van der Waals surface area contributed by atoms with Crippen LogP contribution in [0.5, 0.6) is 0 Å². The predicted octanol–water partition coefficient (Wildman–Crippen LogP) is 0.404. The van der Waals surface area contributed by atoms with Crippen molar-refractivity contribution in [2.24, 2.45) is 17.0 Å². The standard InChI is InChI=1S/C24H25ClN6O7S2/c1-11-15(19(23(35)36)31-18(11)16(12(2)32)21(31)34)14-10-30-22(39-14)17(28-24(30)25)20(33)13-5-3-7-29(9-13)8-4-6-27-40(26,37)38/h3,5,7,9-12,16,18,27,32H,4,6,8H2,1-2H3,(H2-,26,35,36,37,38)/p+1/t11-,12+,16+,18+/m0/s1. The van der Waals surface area contributed by atoms with Crippen LogP contribution in [-0.2, 0) is 26.3 Å². The van der Waals surface area contributed by atoms with E-state index in [1.165, 1.54) is 16.2 Å². The third-order valence-corrected chi connectivity index (χ3v) is 9.15. The minimum Gasteiger partial charge on any atom is -0.477 e. The van der Waals surface area contributed by atoms with Gasteiger partial charge in [-0.15, -0.1) is 11.3 Å². The van der Waals surface area contributed by atoms with Crippen molar-refractivity contribution in [1.29, 1.82) is 0 Å². The fourth-order valence-electron chi connectivity index (χ4n) is 5.42. The zero-order chi connectivity index (χ0) is 29.1. The van der Waals surface area contributed by atoms with Gasteiger partial charge in [0.15, 0.2) is 12.4 Å². The normalized spacial score (nSPS) is 21.6. The van der Waals surface area contributed by atoms with Crippen molar-refractivity contribution >= 4 is 61.2 Å². The molecule has 4 atom stereocenters. The second-order valence-electron chi connectivity index (χ2n) is 9.77. The first-order chi connectivity index (χ1) is 18.8. The Hall–Kier alpha value is -3.21. The van der Waals surface area contributed by atoms with Crippen LogP contribution in [0, 0.1) is 11.8 Å². The van der Waals surface area contributed by atoms with E-state index < -0.39 is 45.9 Å². The number of aryl methyl sites for hydroxylation is 1. The molecule has 0 saturated carbocycles. The number of ketones is 1. The van der Waals surface area contributed by atoms with Gasteiger partial charge in [-0.05, 0) is 24.6 Å². The van der Waals surface area contributed by atoms with E-state index in [1.807, 2.05) is 6.92 Å². The van der Waals surface area contributed by atoms with E-state index in [4.69, 9.17) is 16.7 Å². The number of hydrogen-bond acceptors (Lipinski definition) is 8. The maximum Gasteiger partial charge on any atom is 0.352 e. The van der Waals surface area contributed by atoms with E-state index >= 15 is 0 Å². The molecule has 5 N–H and O–H groups in total. The number of fused-ring (bicyclic) bond motifs is 2. The summed E-state index contributed by atoms with van der Waals surface area (Å²) in [7, 11) is -3.78. The van der Waals surface area contributed by atoms with Gasteiger partial charge in [-0.25, -0.2) is 24.2 Å². The number of aliphatic carboxylic acids is 1. The molecule has 0 aromatic carbocycles. The fourth-order valence-corrected chi connectivity index (χ4v) is 7.35. The minimum atomic E-state index is -3.78. The van der Waals surface area contributed by atoms with E-state index in [1.54, 1.807) is 35.3 Å². The average molecular weight is 610 g/mol. The summed E-state index contributed by atoms with van der Waals surface area (Å²) in [5.41, 5.74) is 0.701. The second-order valence-corrected chi connectivity index (χ2v) is 12.5. The highest BCUT2D eigenvalue weighted by molar-refractivity contribution is 7.87. The molecule has 13 nitrogen and oxygen atoms in total. The van der Waals surface area contributed by atoms with Crippen LogP contribution in [0.15, 0.2) is 36.4 Å². The number of amides is 1. The lowest BCUT2D eigenvalue weighted by atomic mass is 9.77. The van der Waals surface area contributed by atoms with Gasteiger partial charge >= 0.3 is 5.97 Å². The third-order valence-electron chi connectivity index (χ3n) is 7.15. The van der Waals surface area contributed by atoms with Crippen LogP contribution in [-0.4, -0.2) is 69.3 Å². The van der Waals surface area contributed by atoms with Crippen molar-refractivity contribution in [3.63, 3.8) is 0 Å². The summed E-state index contributed by atoms with van der Waals surface area (Å²) in [5.74, 6) is -3.18. The summed E-state index contributed by atoms with van der Waals surface area (Å²) in [6.07, 6.45) is 4.47. The zero-order valence-electron chi connectivity index (χ0n) is 21.3. The molecule has 16 heteroatoms. The number of thiazole rings is 1. The van der Waals surface area contributed by atoms with Gasteiger partial charge in [0.25, 0.3) is 10.2 Å². The summed E-state index contributed by atoms with van der Waals surface area (Å²) < 4.78 is 27.5. The first kappa shape index (κ1) is 28.3. The number of aliphatic hydroxyl groups is 1. The SMILES string of the molecule is C[C@@H](O)[C@H]1C(=O)N2C(C(=O)O)=C(c3cn4c(Cl)nc(C(=O)c5ccc[n+](CCCNS(N)(=O)=O)c5)c4s3)[C@H](C)[C@H]12. The summed E-state index contributed by atoms with van der Waals surface area (Å²) >= 11 is 7.53. The number of nitrogens with zero attached hydrogens (tertiary/aromatic N) is 4. The van der Waals surface area contributed by atoms with Gasteiger partial charge in [0, 0.05) is 36.7 Å². The highest BCUT2D eigenvalue weighted by Gasteiger charge is 2.60. The molecule has 5 rings (SSSR count). The summed E-state index contributed by atoms with van der Waals surface area (Å²) in [5, 5.41) is 25.1. The lowest BCUT2D eigenvalue weighted by Crippen LogP contribution is -2.63. The van der Waals surface area contributed by atoms with E-state index in [9.17, 15) is 33.0 Å². The molecule has 0 spiro atoms. The Labute approximate surface area is 237 Å². The molecule has 1 fully saturated rings. The molecule has 2 aliphatic rings. The maximum atomic E-state index is 13.5. The van der Waals surface area contributed by atoms with Crippen molar-refractivity contribution in [2.75, 3.05) is 6.54 Å². The monoisotopic (exact) mass is 609 g/mol. The van der Waals surface area contributed by atoms with Crippen LogP contribution < -0.4 is 14.4 Å². The van der Waals surface area contributed by atoms with Gasteiger partial charge in [-0.3, -0.25) is 14.0 Å². The number of carboxylic acid groups (broad SMARTS) is 1. The van der Waals surface area contributed by atoms with Crippen molar-refractivity contribution in [3.05, 3.63) is 57.8 Å². The molecule has 0 bridgehead atoms. The van der Waals surface area contributed by atoms with Crippen LogP contribution >= 0.6 is 22.9 Å². The van der Waals surface area contributed by atoms with E-state index in [-0.39, 0.29) is 29.1 Å². The van der Waals surface area contributed by atoms with Crippen molar-refractivity contribution in [3.8, 4) is 0 Å². The Bertz CT molecular complexity index is 1700. The van der Waals surface area contributed by atoms with Crippen LogP contribution in [0.2, 0.25) is 5.28 Å². The van der Waals surface area contributed by atoms with Gasteiger partial charge in [-0.1, -0.05) is 6.92 Å². The number of nitrogens with one attached hydrogen (secondary N) is 1. The molecule has 5 heterocycles. The highest BCUT2D eigenvalue weighted by atomic mass is 35.5. The number of β-lactam (4-membered cyclic amide) rings is 1. The molecule has 212 valence electrons. The number of aliphatic hydroxyl groups excluding tert-OH is 1. The molecule has 1 saturated heterocycles. The molecule has 0 aliphatic carbocycles. The van der Waals surface area contributed by atoms with Crippen molar-refractivity contribution < 1.29 is 37.6 Å². The van der Waals surface area contributed by atoms with Gasteiger partial charge in [0.2, 0.25) is 17.0 Å². The molecule has 0 radical (unpaired) electrons. The van der Waals surface area contributed by atoms with E-state index in [0.29, 0.717) is 33.8 Å². The van der Waals surface area contributed by atoms with Gasteiger partial charge in [0.1, 0.15) is 22.8 Å². The minimum absolute atomic E-state index is 0.0167. The number of rotatable bonds is 10. The van der Waals surface area contributed by atoms with Gasteiger partial charge in [-0.2, -0.15) is 8.42 Å². The maximum absolute atomic E-state index is 13.5. The number of carboxylic acids is 1. The number of aromatic nitrogens is 3. The smallest absolute Gasteiger partial charge is 0.352 e. The molecule has 2 aliphatic heterocycles. The van der Waals surface area contributed by atoms with Gasteiger partial charge < -0.3 is 15.1 Å². The lowest BCUT2D eigenvalue weighted by molar-refractivity contribution is -0.697. The van der Waals surface area contributed by atoms with E-state index in [0.717, 1.165) is 11.3 Å². The molecule has 0 unspecified atom stereocenters. The molecule has 3 aromatic rings. The number of halogens is 1. The number of carbonyl (C=O) groups excluding carboxylic acids is 2. The van der Waals surface area contributed by atoms with Crippen LogP contribution in [0.1, 0.15) is 41.2 Å². The van der Waals surface area contributed by atoms with Crippen LogP contribution in [0.25, 0.3) is 10.4 Å². The Kier molecular flexibility index (Phi) is 7.31. The molecule has 40 heavy (non-hydrogen) atoms. The second kappa shape index (κ2) is 10.3. The zero-order valence-corrected chi connectivity index (χ0v) is 23.7. The fraction of sp³-hybridized carbons (Fsp3) is 0.375. The Morgan fingerprint density at radius 3 is 2.75 bits per heavy atom. The third kappa shape index (κ3) is 4.82. The number of carbonyl (C=O) groups is 3. The van der Waals surface area contributed by atoms with Crippen LogP contribution in [0.3, 0.4) is 0 Å². The molecule has 3 aromatic heterocycles. The predicted molar refractivity (Wildman–Crippen MR) is 143 cm³/mol. The lowest BCUT2D eigenvalue weighted by Gasteiger charge is -2.46. The number of hydrogen-bond donors (Lipinski definition) is 4. The largest absolute Gasteiger partial charge is 0.477 e. The Balaban J connectivity index is 1.46. The number of pyridine rings is 1. The molecule has 1 amide bonds. The first-order valence-electron chi connectivity index (χ1n) is 12.3. The topological polar surface area (TPSA) is 188 Å². The highest BCUT2D eigenvalue weighted by Crippen LogP contribution is 2.51. The molecular weight excluding hydrogens is 584 g/mol. The summed E-state index contributed by atoms with van der Waals surface area (Å²) in [6, 6.07) is 2.81. The Morgan fingerprint density at radius 2 is 2.10 bits per heavy atom. The summed E-state index contributed by atoms with van der Waals surface area (Å²) in [4.78, 5) is 44.9. The quantitative estimate of drug-likeness (QED) is 0.110. The van der Waals surface area contributed by atoms with Crippen LogP contribution in [0.4, 0.5) is 0 Å². The summed E-state index contributed by atoms with van der Waals surface area (Å²) in [6.45, 7) is 3.87. The first-order valence-corrected chi connectivity index (χ1v) is 15.0. The van der Waals surface area contributed by atoms with Crippen molar-refractivity contribution in [1.82, 2.24) is 19.0 Å².